The highest BCUT2D eigenvalue weighted by Gasteiger charge is 2.24. The van der Waals surface area contributed by atoms with E-state index < -0.39 is 0 Å². The van der Waals surface area contributed by atoms with Crippen molar-refractivity contribution in [3.8, 4) is 210 Å². The van der Waals surface area contributed by atoms with E-state index in [0.29, 0.717) is 44.5 Å². The molecule has 0 atom stereocenters. The summed E-state index contributed by atoms with van der Waals surface area (Å²) in [5.74, 6) is 23.0. The summed E-state index contributed by atoms with van der Waals surface area (Å²) in [7, 11) is 0. The van der Waals surface area contributed by atoms with Crippen molar-refractivity contribution in [2.45, 2.75) is 0 Å². The summed E-state index contributed by atoms with van der Waals surface area (Å²) >= 11 is 0. The predicted octanol–water partition coefficient (Wildman–Crippen LogP) is 20.5. The SMILES string of the molecule is C#Cc1cccc(-c2ccc(-c3cc(-c4ccccc4)cc(-c4c5ccccc5c(-c5cc(-c6ccccc6)cc(-c6ccc(-c7cccc(C#C)c7C#C)cc6-c6cccc(C#C)c6C#C)c5)c5ccccc45)c3)c(-c3cccc(C#C)c3C#C)c2)c1C#C. The van der Waals surface area contributed by atoms with Crippen molar-refractivity contribution in [1.29, 1.82) is 0 Å². The Morgan fingerprint density at radius 2 is 0.456 bits per heavy atom. The minimum atomic E-state index is 0.619. The number of hydrogen-bond donors (Lipinski definition) is 0. The van der Waals surface area contributed by atoms with Crippen LogP contribution in [-0.2, 0) is 0 Å². The highest BCUT2D eigenvalue weighted by atomic mass is 14.3. The van der Waals surface area contributed by atoms with Crippen LogP contribution in [0.4, 0.5) is 0 Å². The lowest BCUT2D eigenvalue weighted by atomic mass is 9.82. The van der Waals surface area contributed by atoms with Gasteiger partial charge >= 0.3 is 0 Å². The van der Waals surface area contributed by atoms with Crippen molar-refractivity contribution in [1.82, 2.24) is 0 Å². The molecule has 0 heteroatoms. The van der Waals surface area contributed by atoms with Gasteiger partial charge in [-0.3, -0.25) is 0 Å². The molecule has 90 heavy (non-hydrogen) atoms. The lowest BCUT2D eigenvalue weighted by Gasteiger charge is -2.21. The highest BCUT2D eigenvalue weighted by molar-refractivity contribution is 6.22. The molecule has 0 nitrogen and oxygen atoms in total. The predicted molar refractivity (Wildman–Crippen MR) is 379 cm³/mol. The second-order valence-corrected chi connectivity index (χ2v) is 21.8. The summed E-state index contributed by atoms with van der Waals surface area (Å²) in [6.07, 6.45) is 49.6. The molecule has 0 fully saturated rings. The first kappa shape index (κ1) is 56.0. The molecule has 0 amide bonds. The zero-order valence-corrected chi connectivity index (χ0v) is 48.9. The Hall–Kier alpha value is -13.1. The van der Waals surface area contributed by atoms with Gasteiger partial charge in [-0.05, 0) is 206 Å². The van der Waals surface area contributed by atoms with Crippen molar-refractivity contribution >= 4 is 21.5 Å². The molecule has 0 saturated heterocycles. The fourth-order valence-corrected chi connectivity index (χ4v) is 12.8. The average Bonchev–Trinajstić information content (AvgIpc) is 0.756. The summed E-state index contributed by atoms with van der Waals surface area (Å²) in [5, 5.41) is 4.29. The van der Waals surface area contributed by atoms with Crippen LogP contribution in [0.5, 0.6) is 0 Å². The van der Waals surface area contributed by atoms with E-state index in [1.165, 1.54) is 0 Å². The fourth-order valence-electron chi connectivity index (χ4n) is 12.8. The van der Waals surface area contributed by atoms with Gasteiger partial charge in [-0.15, -0.1) is 51.4 Å². The van der Waals surface area contributed by atoms with Gasteiger partial charge in [0.2, 0.25) is 0 Å². The standard InChI is InChI=1S/C90H50/c1-9-59-35-27-43-77(73(59)13-5)65-47-49-79(87(57-65)81-45-29-37-61(11-3)75(81)15-7)69-51-67(63-31-19-17-20-32-63)53-71(55-69)89-83-39-23-25-41-85(83)90(86-42-26-24-40-84(86)89)72-54-68(64-33-21-18-22-34-64)52-70(56-72)80-50-48-66(78-44-28-36-60(10-2)74(78)14-6)58-88(80)82-46-30-38-62(12-4)76(82)16-8/h1-8,17-58H. The van der Waals surface area contributed by atoms with Crippen LogP contribution in [0.3, 0.4) is 0 Å². The zero-order chi connectivity index (χ0) is 61.8. The molecule has 0 aliphatic heterocycles. The third-order valence-electron chi connectivity index (χ3n) is 16.9. The molecule has 0 saturated carbocycles. The highest BCUT2D eigenvalue weighted by Crippen LogP contribution is 2.49. The average molecular weight is 1130 g/mol. The van der Waals surface area contributed by atoms with E-state index in [-0.39, 0.29) is 0 Å². The van der Waals surface area contributed by atoms with Crippen LogP contribution in [0.15, 0.2) is 255 Å². The van der Waals surface area contributed by atoms with Crippen LogP contribution in [0.25, 0.3) is 133 Å². The minimum absolute atomic E-state index is 0.619. The first-order chi connectivity index (χ1) is 44.3. The van der Waals surface area contributed by atoms with Gasteiger partial charge in [-0.2, -0.15) is 0 Å². The summed E-state index contributed by atoms with van der Waals surface area (Å²) in [6, 6.07) is 88.4. The first-order valence-electron chi connectivity index (χ1n) is 29.2. The van der Waals surface area contributed by atoms with Crippen LogP contribution in [-0.4, -0.2) is 0 Å². The topological polar surface area (TPSA) is 0 Å². The number of terminal acetylenes is 8. The van der Waals surface area contributed by atoms with Crippen LogP contribution in [0.2, 0.25) is 0 Å². The van der Waals surface area contributed by atoms with Crippen LogP contribution in [0.1, 0.15) is 44.5 Å². The third-order valence-corrected chi connectivity index (χ3v) is 16.9. The molecule has 0 aromatic heterocycles. The smallest absolute Gasteiger partial charge is 0.0477 e. The molecule has 0 aliphatic rings. The molecule has 410 valence electrons. The van der Waals surface area contributed by atoms with Crippen LogP contribution in [0, 0.1) is 98.8 Å². The Labute approximate surface area is 527 Å². The molecule has 0 aliphatic carbocycles. The molecule has 0 spiro atoms. The molecule has 0 radical (unpaired) electrons. The van der Waals surface area contributed by atoms with Crippen molar-refractivity contribution in [3.05, 3.63) is 299 Å². The van der Waals surface area contributed by atoms with Crippen molar-refractivity contribution in [3.63, 3.8) is 0 Å². The molecule has 0 heterocycles. The largest absolute Gasteiger partial charge is 0.115 e. The van der Waals surface area contributed by atoms with E-state index >= 15 is 0 Å². The van der Waals surface area contributed by atoms with Crippen LogP contribution < -0.4 is 0 Å². The Balaban J connectivity index is 1.08. The van der Waals surface area contributed by atoms with Crippen molar-refractivity contribution in [2.75, 3.05) is 0 Å². The van der Waals surface area contributed by atoms with E-state index in [4.69, 9.17) is 51.4 Å². The molecule has 13 aromatic rings. The summed E-state index contributed by atoms with van der Waals surface area (Å²) in [6.45, 7) is 0. The maximum absolute atomic E-state index is 6.40. The molecule has 0 bridgehead atoms. The van der Waals surface area contributed by atoms with Crippen molar-refractivity contribution < 1.29 is 0 Å². The minimum Gasteiger partial charge on any atom is -0.115 e. The van der Waals surface area contributed by atoms with E-state index in [2.05, 4.69) is 217 Å². The number of fused-ring (bicyclic) bond motifs is 2. The molecular weight excluding hydrogens is 1080 g/mol. The Bertz CT molecular complexity index is 5090. The van der Waals surface area contributed by atoms with E-state index in [9.17, 15) is 0 Å². The first-order valence-corrected chi connectivity index (χ1v) is 29.2. The normalized spacial score (nSPS) is 10.6. The van der Waals surface area contributed by atoms with Crippen LogP contribution >= 0.6 is 0 Å². The number of benzene rings is 13. The second kappa shape index (κ2) is 24.1. The second-order valence-electron chi connectivity index (χ2n) is 21.8. The molecular formula is C90H50. The van der Waals surface area contributed by atoms with E-state index in [1.54, 1.807) is 0 Å². The Kier molecular flexibility index (Phi) is 15.0. The van der Waals surface area contributed by atoms with Crippen molar-refractivity contribution in [2.24, 2.45) is 0 Å². The number of hydrogen-bond acceptors (Lipinski definition) is 0. The monoisotopic (exact) mass is 1130 g/mol. The molecule has 0 N–H and O–H groups in total. The van der Waals surface area contributed by atoms with Gasteiger partial charge in [-0.25, -0.2) is 0 Å². The number of rotatable bonds is 10. The summed E-state index contributed by atoms with van der Waals surface area (Å²) < 4.78 is 0. The van der Waals surface area contributed by atoms with Gasteiger partial charge in [0.1, 0.15) is 0 Å². The van der Waals surface area contributed by atoms with Gasteiger partial charge in [0, 0.05) is 44.5 Å². The van der Waals surface area contributed by atoms with Gasteiger partial charge in [-0.1, -0.05) is 229 Å². The van der Waals surface area contributed by atoms with E-state index in [1.807, 2.05) is 84.9 Å². The summed E-state index contributed by atoms with van der Waals surface area (Å²) in [5.41, 5.74) is 24.1. The van der Waals surface area contributed by atoms with Gasteiger partial charge in [0.15, 0.2) is 0 Å². The molecule has 0 unspecified atom stereocenters. The maximum Gasteiger partial charge on any atom is 0.0477 e. The fraction of sp³-hybridized carbons (Fsp3) is 0. The van der Waals surface area contributed by atoms with Gasteiger partial charge in [0.05, 0.1) is 0 Å². The van der Waals surface area contributed by atoms with Gasteiger partial charge in [0.25, 0.3) is 0 Å². The lowest BCUT2D eigenvalue weighted by Crippen LogP contribution is -1.96. The zero-order valence-electron chi connectivity index (χ0n) is 48.9. The molecule has 13 aromatic carbocycles. The Morgan fingerprint density at radius 1 is 0.167 bits per heavy atom. The summed E-state index contributed by atoms with van der Waals surface area (Å²) in [4.78, 5) is 0. The molecule has 13 rings (SSSR count). The third kappa shape index (κ3) is 9.92. The van der Waals surface area contributed by atoms with Gasteiger partial charge < -0.3 is 0 Å². The Morgan fingerprint density at radius 3 is 0.778 bits per heavy atom. The lowest BCUT2D eigenvalue weighted by molar-refractivity contribution is 1.51. The van der Waals surface area contributed by atoms with E-state index in [0.717, 1.165) is 133 Å². The quantitative estimate of drug-likeness (QED) is 0.0946. The maximum atomic E-state index is 6.40.